The standard InChI is InChI=1S/C14H21N3O2/c15-9-11-1-3-12(4-2-11)13(18)17-8-6-14(19)5-7-16-10-14/h1-4,16,19H,5-10,15H2,(H,17,18). The van der Waals surface area contributed by atoms with E-state index in [0.717, 1.165) is 18.5 Å². The van der Waals surface area contributed by atoms with Gasteiger partial charge in [0.25, 0.3) is 5.91 Å². The van der Waals surface area contributed by atoms with Gasteiger partial charge in [-0.25, -0.2) is 0 Å². The number of nitrogens with two attached hydrogens (primary N) is 1. The van der Waals surface area contributed by atoms with Gasteiger partial charge in [0.2, 0.25) is 0 Å². The molecule has 0 spiro atoms. The maximum Gasteiger partial charge on any atom is 0.251 e. The molecule has 0 aliphatic carbocycles. The molecular formula is C14H21N3O2. The van der Waals surface area contributed by atoms with Crippen LogP contribution in [0, 0.1) is 0 Å². The Labute approximate surface area is 113 Å². The summed E-state index contributed by atoms with van der Waals surface area (Å²) in [5, 5.41) is 16.1. The van der Waals surface area contributed by atoms with E-state index in [-0.39, 0.29) is 5.91 Å². The number of aliphatic hydroxyl groups is 1. The number of amides is 1. The molecule has 1 amide bonds. The molecule has 0 bridgehead atoms. The van der Waals surface area contributed by atoms with E-state index in [0.29, 0.717) is 31.6 Å². The molecule has 1 unspecified atom stereocenters. The van der Waals surface area contributed by atoms with Crippen LogP contribution in [0.5, 0.6) is 0 Å². The molecule has 19 heavy (non-hydrogen) atoms. The predicted octanol–water partition coefficient (Wildman–Crippen LogP) is -0.0104. The molecule has 1 aliphatic heterocycles. The molecule has 0 radical (unpaired) electrons. The van der Waals surface area contributed by atoms with Crippen LogP contribution in [-0.4, -0.2) is 36.2 Å². The van der Waals surface area contributed by atoms with Crippen LogP contribution in [0.25, 0.3) is 0 Å². The first-order chi connectivity index (χ1) is 9.13. The van der Waals surface area contributed by atoms with Gasteiger partial charge in [0.1, 0.15) is 0 Å². The van der Waals surface area contributed by atoms with E-state index in [4.69, 9.17) is 5.73 Å². The Morgan fingerprint density at radius 2 is 2.16 bits per heavy atom. The molecular weight excluding hydrogens is 242 g/mol. The average Bonchev–Trinajstić information content (AvgIpc) is 2.86. The molecule has 5 heteroatoms. The summed E-state index contributed by atoms with van der Waals surface area (Å²) in [6, 6.07) is 7.24. The van der Waals surface area contributed by atoms with Crippen LogP contribution in [0.3, 0.4) is 0 Å². The quantitative estimate of drug-likeness (QED) is 0.602. The third-order valence-electron chi connectivity index (χ3n) is 3.55. The lowest BCUT2D eigenvalue weighted by molar-refractivity contribution is 0.0519. The first-order valence-electron chi connectivity index (χ1n) is 6.63. The van der Waals surface area contributed by atoms with E-state index in [1.807, 2.05) is 12.1 Å². The molecule has 1 atom stereocenters. The minimum atomic E-state index is -0.670. The van der Waals surface area contributed by atoms with E-state index in [1.54, 1.807) is 12.1 Å². The van der Waals surface area contributed by atoms with E-state index in [2.05, 4.69) is 10.6 Å². The lowest BCUT2D eigenvalue weighted by Gasteiger charge is -2.21. The number of hydrogen-bond donors (Lipinski definition) is 4. The van der Waals surface area contributed by atoms with Crippen molar-refractivity contribution in [1.82, 2.24) is 10.6 Å². The highest BCUT2D eigenvalue weighted by atomic mass is 16.3. The monoisotopic (exact) mass is 263 g/mol. The second kappa shape index (κ2) is 6.14. The fourth-order valence-electron chi connectivity index (χ4n) is 2.25. The normalized spacial score (nSPS) is 22.4. The van der Waals surface area contributed by atoms with Crippen molar-refractivity contribution in [2.45, 2.75) is 25.0 Å². The van der Waals surface area contributed by atoms with Crippen molar-refractivity contribution >= 4 is 5.91 Å². The highest BCUT2D eigenvalue weighted by Gasteiger charge is 2.30. The number of benzene rings is 1. The Kier molecular flexibility index (Phi) is 4.52. The minimum absolute atomic E-state index is 0.113. The van der Waals surface area contributed by atoms with Gasteiger partial charge in [-0.3, -0.25) is 4.79 Å². The van der Waals surface area contributed by atoms with Crippen LogP contribution in [0.2, 0.25) is 0 Å². The summed E-state index contributed by atoms with van der Waals surface area (Å²) in [6.07, 6.45) is 1.32. The molecule has 0 saturated carbocycles. The van der Waals surface area contributed by atoms with Crippen LogP contribution < -0.4 is 16.4 Å². The van der Waals surface area contributed by atoms with Gasteiger partial charge in [-0.1, -0.05) is 12.1 Å². The molecule has 2 rings (SSSR count). The van der Waals surface area contributed by atoms with Gasteiger partial charge >= 0.3 is 0 Å². The number of carbonyl (C=O) groups excluding carboxylic acids is 1. The van der Waals surface area contributed by atoms with Crippen molar-refractivity contribution in [3.8, 4) is 0 Å². The Balaban J connectivity index is 1.80. The van der Waals surface area contributed by atoms with Gasteiger partial charge in [0.05, 0.1) is 5.60 Å². The molecule has 1 aliphatic rings. The fraction of sp³-hybridized carbons (Fsp3) is 0.500. The summed E-state index contributed by atoms with van der Waals surface area (Å²) in [5.41, 5.74) is 6.46. The van der Waals surface area contributed by atoms with Gasteiger partial charge in [-0.05, 0) is 37.1 Å². The number of rotatable bonds is 5. The third kappa shape index (κ3) is 3.76. The Bertz CT molecular complexity index is 425. The van der Waals surface area contributed by atoms with Gasteiger partial charge in [0, 0.05) is 25.2 Å². The highest BCUT2D eigenvalue weighted by Crippen LogP contribution is 2.17. The summed E-state index contributed by atoms with van der Waals surface area (Å²) < 4.78 is 0. The average molecular weight is 263 g/mol. The third-order valence-corrected chi connectivity index (χ3v) is 3.55. The number of carbonyl (C=O) groups is 1. The maximum absolute atomic E-state index is 11.9. The maximum atomic E-state index is 11.9. The van der Waals surface area contributed by atoms with E-state index in [9.17, 15) is 9.90 Å². The van der Waals surface area contributed by atoms with E-state index >= 15 is 0 Å². The van der Waals surface area contributed by atoms with Gasteiger partial charge in [-0.15, -0.1) is 0 Å². The van der Waals surface area contributed by atoms with Crippen LogP contribution in [0.15, 0.2) is 24.3 Å². The zero-order valence-electron chi connectivity index (χ0n) is 11.0. The van der Waals surface area contributed by atoms with Gasteiger partial charge in [-0.2, -0.15) is 0 Å². The zero-order valence-corrected chi connectivity index (χ0v) is 11.0. The Hall–Kier alpha value is -1.43. The lowest BCUT2D eigenvalue weighted by Crippen LogP contribution is -2.36. The van der Waals surface area contributed by atoms with E-state index in [1.165, 1.54) is 0 Å². The second-order valence-electron chi connectivity index (χ2n) is 5.06. The molecule has 5 nitrogen and oxygen atoms in total. The Morgan fingerprint density at radius 3 is 2.74 bits per heavy atom. The summed E-state index contributed by atoms with van der Waals surface area (Å²) >= 11 is 0. The molecule has 0 aromatic heterocycles. The molecule has 5 N–H and O–H groups in total. The van der Waals surface area contributed by atoms with E-state index < -0.39 is 5.60 Å². The fourth-order valence-corrected chi connectivity index (χ4v) is 2.25. The van der Waals surface area contributed by atoms with Crippen molar-refractivity contribution in [3.05, 3.63) is 35.4 Å². The molecule has 1 saturated heterocycles. The molecule has 1 heterocycles. The van der Waals surface area contributed by atoms with Crippen LogP contribution >= 0.6 is 0 Å². The van der Waals surface area contributed by atoms with Crippen LogP contribution in [-0.2, 0) is 6.54 Å². The molecule has 1 aromatic rings. The summed E-state index contributed by atoms with van der Waals surface area (Å²) in [7, 11) is 0. The summed E-state index contributed by atoms with van der Waals surface area (Å²) in [4.78, 5) is 11.9. The highest BCUT2D eigenvalue weighted by molar-refractivity contribution is 5.94. The first-order valence-corrected chi connectivity index (χ1v) is 6.63. The van der Waals surface area contributed by atoms with Gasteiger partial charge in [0.15, 0.2) is 0 Å². The smallest absolute Gasteiger partial charge is 0.251 e. The zero-order chi connectivity index (χ0) is 13.7. The summed E-state index contributed by atoms with van der Waals surface area (Å²) in [6.45, 7) is 2.40. The largest absolute Gasteiger partial charge is 0.388 e. The van der Waals surface area contributed by atoms with Crippen molar-refractivity contribution < 1.29 is 9.90 Å². The number of β-amino-alcohol motifs (C(OH)–C–C–N with tert-alkyl or cyclic N) is 1. The minimum Gasteiger partial charge on any atom is -0.388 e. The van der Waals surface area contributed by atoms with Crippen LogP contribution in [0.1, 0.15) is 28.8 Å². The Morgan fingerprint density at radius 1 is 1.42 bits per heavy atom. The number of nitrogens with one attached hydrogen (secondary N) is 2. The lowest BCUT2D eigenvalue weighted by atomic mass is 9.99. The number of hydrogen-bond acceptors (Lipinski definition) is 4. The van der Waals surface area contributed by atoms with Crippen molar-refractivity contribution in [2.75, 3.05) is 19.6 Å². The predicted molar refractivity (Wildman–Crippen MR) is 73.7 cm³/mol. The molecule has 1 aromatic carbocycles. The molecule has 104 valence electrons. The van der Waals surface area contributed by atoms with Crippen molar-refractivity contribution in [3.63, 3.8) is 0 Å². The molecule has 1 fully saturated rings. The second-order valence-corrected chi connectivity index (χ2v) is 5.06. The first kappa shape index (κ1) is 14.0. The van der Waals surface area contributed by atoms with Gasteiger partial charge < -0.3 is 21.5 Å². The van der Waals surface area contributed by atoms with Crippen molar-refractivity contribution in [2.24, 2.45) is 5.73 Å². The summed E-state index contributed by atoms with van der Waals surface area (Å²) in [5.74, 6) is -0.113. The SMILES string of the molecule is NCc1ccc(C(=O)NCCC2(O)CCNC2)cc1. The van der Waals surface area contributed by atoms with Crippen molar-refractivity contribution in [1.29, 1.82) is 0 Å². The van der Waals surface area contributed by atoms with Crippen LogP contribution in [0.4, 0.5) is 0 Å². The topological polar surface area (TPSA) is 87.4 Å².